The molecule has 1 fully saturated rings. The quantitative estimate of drug-likeness (QED) is 0.215. The number of nitrogens with zero attached hydrogens (tertiary/aromatic N) is 2. The Labute approximate surface area is 232 Å². The first kappa shape index (κ1) is 31.3. The van der Waals surface area contributed by atoms with E-state index in [2.05, 4.69) is 10.1 Å². The normalized spacial score (nSPS) is 25.4. The molecule has 0 aliphatic carbocycles. The maximum absolute atomic E-state index is 14.5. The highest BCUT2D eigenvalue weighted by Crippen LogP contribution is 2.49. The topological polar surface area (TPSA) is 167 Å². The first-order chi connectivity index (χ1) is 18.2. The standard InChI is InChI=1S/C22H28ClF2N4O8PS/c1-11(2)35-19(32)12(3)28-38(39,37-13-7-5-4-6-8-13)34-10-22(20(24)25)16(31)15(30)18(36-22)29-9-14(23)17(26)27-21(29)33/h4-9,11-12,15-16,18,20,30-31H,10H2,1-3H3,(H,28,39)(H2,26,27,33)/t12-,15+,16+,18+,22+,38?/m0/s1. The number of aliphatic hydroxyl groups excluding tert-OH is 2. The van der Waals surface area contributed by atoms with E-state index in [9.17, 15) is 28.6 Å². The number of carbonyl (C=O) groups excluding carboxylic acids is 1. The number of aliphatic hydroxyl groups is 2. The van der Waals surface area contributed by atoms with E-state index in [4.69, 9.17) is 47.7 Å². The molecule has 6 atom stereocenters. The molecule has 39 heavy (non-hydrogen) atoms. The van der Waals surface area contributed by atoms with Crippen molar-refractivity contribution in [2.75, 3.05) is 12.3 Å². The molecule has 2 heterocycles. The number of nitrogen functional groups attached to an aromatic ring is 1. The third-order valence-corrected chi connectivity index (χ3v) is 8.29. The van der Waals surface area contributed by atoms with Gasteiger partial charge in [0.15, 0.2) is 11.8 Å². The van der Waals surface area contributed by atoms with Crippen LogP contribution in [0, 0.1) is 0 Å². The maximum Gasteiger partial charge on any atom is 0.351 e. The van der Waals surface area contributed by atoms with Gasteiger partial charge >= 0.3 is 18.3 Å². The molecule has 2 aromatic rings. The zero-order chi connectivity index (χ0) is 29.1. The summed E-state index contributed by atoms with van der Waals surface area (Å²) in [5.74, 6) is -0.837. The number of rotatable bonds is 11. The number of ether oxygens (including phenoxy) is 2. The van der Waals surface area contributed by atoms with Gasteiger partial charge in [0.25, 0.3) is 6.43 Å². The molecular weight excluding hydrogens is 585 g/mol. The van der Waals surface area contributed by atoms with Crippen molar-refractivity contribution in [3.8, 4) is 5.75 Å². The highest BCUT2D eigenvalue weighted by atomic mass is 35.5. The Morgan fingerprint density at radius 3 is 2.56 bits per heavy atom. The third-order valence-electron chi connectivity index (χ3n) is 5.52. The Hall–Kier alpha value is -2.23. The lowest BCUT2D eigenvalue weighted by atomic mass is 9.96. The highest BCUT2D eigenvalue weighted by Gasteiger charge is 2.61. The molecule has 1 unspecified atom stereocenters. The highest BCUT2D eigenvalue weighted by molar-refractivity contribution is 8.09. The molecule has 1 aliphatic rings. The average Bonchev–Trinajstić information content (AvgIpc) is 3.11. The second-order valence-electron chi connectivity index (χ2n) is 8.88. The summed E-state index contributed by atoms with van der Waals surface area (Å²) in [6, 6.07) is 6.91. The number of carbonyl (C=O) groups is 1. The Bertz CT molecular complexity index is 1280. The molecule has 12 nitrogen and oxygen atoms in total. The van der Waals surface area contributed by atoms with Crippen LogP contribution in [0.4, 0.5) is 14.6 Å². The van der Waals surface area contributed by atoms with Gasteiger partial charge in [-0.3, -0.25) is 9.36 Å². The number of halogens is 3. The summed E-state index contributed by atoms with van der Waals surface area (Å²) in [6.07, 6.45) is -9.11. The minimum atomic E-state index is -3.83. The van der Waals surface area contributed by atoms with E-state index in [0.717, 1.165) is 6.20 Å². The fourth-order valence-electron chi connectivity index (χ4n) is 3.55. The Morgan fingerprint density at radius 2 is 1.97 bits per heavy atom. The SMILES string of the molecule is CC(C)OC(=O)[C@H](C)NP(=S)(OC[C@@]1(C(F)F)O[C@@H](n2cc(Cl)c(N)nc2=O)[C@H](O)[C@H]1O)Oc1ccccc1. The monoisotopic (exact) mass is 612 g/mol. The Kier molecular flexibility index (Phi) is 10.0. The van der Waals surface area contributed by atoms with Crippen LogP contribution in [0.1, 0.15) is 27.0 Å². The van der Waals surface area contributed by atoms with Gasteiger partial charge in [-0.25, -0.2) is 18.7 Å². The van der Waals surface area contributed by atoms with Crippen molar-refractivity contribution in [3.63, 3.8) is 0 Å². The molecular formula is C22H28ClF2N4O8PS. The van der Waals surface area contributed by atoms with E-state index in [-0.39, 0.29) is 16.6 Å². The fourth-order valence-corrected chi connectivity index (χ4v) is 6.12. The van der Waals surface area contributed by atoms with Crippen LogP contribution in [0.15, 0.2) is 41.3 Å². The van der Waals surface area contributed by atoms with Crippen LogP contribution in [-0.2, 0) is 30.6 Å². The summed E-state index contributed by atoms with van der Waals surface area (Å²) in [4.78, 5) is 28.2. The van der Waals surface area contributed by atoms with Gasteiger partial charge in [0, 0.05) is 6.20 Å². The van der Waals surface area contributed by atoms with E-state index < -0.39 is 67.5 Å². The van der Waals surface area contributed by atoms with E-state index in [0.29, 0.717) is 4.57 Å². The van der Waals surface area contributed by atoms with Gasteiger partial charge in [0.2, 0.25) is 0 Å². The van der Waals surface area contributed by atoms with Gasteiger partial charge in [-0.2, -0.15) is 4.98 Å². The molecule has 0 bridgehead atoms. The van der Waals surface area contributed by atoms with E-state index in [1.807, 2.05) is 0 Å². The number of hydrogen-bond donors (Lipinski definition) is 4. The molecule has 216 valence electrons. The molecule has 1 aromatic carbocycles. The summed E-state index contributed by atoms with van der Waals surface area (Å²) in [5.41, 5.74) is 1.53. The number of para-hydroxylation sites is 1. The molecule has 1 aliphatic heterocycles. The van der Waals surface area contributed by atoms with Crippen LogP contribution in [0.5, 0.6) is 5.75 Å². The van der Waals surface area contributed by atoms with Gasteiger partial charge in [-0.15, -0.1) is 0 Å². The molecule has 0 radical (unpaired) electrons. The summed E-state index contributed by atoms with van der Waals surface area (Å²) < 4.78 is 51.6. The van der Waals surface area contributed by atoms with Crippen molar-refractivity contribution in [1.82, 2.24) is 14.6 Å². The zero-order valence-electron chi connectivity index (χ0n) is 20.9. The fraction of sp³-hybridized carbons (Fsp3) is 0.500. The predicted octanol–water partition coefficient (Wildman–Crippen LogP) is 1.98. The van der Waals surface area contributed by atoms with Crippen LogP contribution in [0.2, 0.25) is 5.02 Å². The van der Waals surface area contributed by atoms with Crippen molar-refractivity contribution in [2.24, 2.45) is 0 Å². The lowest BCUT2D eigenvalue weighted by molar-refractivity contribution is -0.192. The zero-order valence-corrected chi connectivity index (χ0v) is 23.4. The summed E-state index contributed by atoms with van der Waals surface area (Å²) in [5, 5.41) is 23.8. The van der Waals surface area contributed by atoms with E-state index >= 15 is 0 Å². The molecule has 0 amide bonds. The van der Waals surface area contributed by atoms with Crippen LogP contribution in [0.25, 0.3) is 0 Å². The Morgan fingerprint density at radius 1 is 1.33 bits per heavy atom. The largest absolute Gasteiger partial charge is 0.462 e. The van der Waals surface area contributed by atoms with Crippen molar-refractivity contribution < 1.29 is 42.3 Å². The molecule has 0 saturated carbocycles. The van der Waals surface area contributed by atoms with Crippen molar-refractivity contribution in [2.45, 2.75) is 63.4 Å². The number of nitrogens with one attached hydrogen (secondary N) is 1. The van der Waals surface area contributed by atoms with Crippen LogP contribution in [-0.4, -0.2) is 68.7 Å². The van der Waals surface area contributed by atoms with Crippen molar-refractivity contribution in [1.29, 1.82) is 0 Å². The third kappa shape index (κ3) is 7.11. The number of anilines is 1. The second-order valence-corrected chi connectivity index (χ2v) is 12.4. The van der Waals surface area contributed by atoms with Crippen molar-refractivity contribution >= 4 is 41.8 Å². The van der Waals surface area contributed by atoms with Gasteiger partial charge in [-0.05, 0) is 44.7 Å². The number of esters is 1. The number of nitrogens with two attached hydrogens (primary N) is 1. The smallest absolute Gasteiger partial charge is 0.351 e. The number of aromatic nitrogens is 2. The molecule has 17 heteroatoms. The number of benzene rings is 1. The van der Waals surface area contributed by atoms with Gasteiger partial charge in [0.05, 0.1) is 17.7 Å². The van der Waals surface area contributed by atoms with Crippen molar-refractivity contribution in [3.05, 3.63) is 52.0 Å². The molecule has 1 saturated heterocycles. The molecule has 5 N–H and O–H groups in total. The van der Waals surface area contributed by atoms with Gasteiger partial charge < -0.3 is 34.5 Å². The van der Waals surface area contributed by atoms with E-state index in [1.165, 1.54) is 19.1 Å². The summed E-state index contributed by atoms with van der Waals surface area (Å²) >= 11 is 11.4. The molecule has 1 aromatic heterocycles. The summed E-state index contributed by atoms with van der Waals surface area (Å²) in [6.45, 7) is -0.260. The average molecular weight is 613 g/mol. The molecule has 0 spiro atoms. The minimum absolute atomic E-state index is 0.198. The number of alkyl halides is 2. The first-order valence-corrected chi connectivity index (χ1v) is 14.5. The van der Waals surface area contributed by atoms with Crippen LogP contribution >= 0.6 is 18.2 Å². The minimum Gasteiger partial charge on any atom is -0.462 e. The first-order valence-electron chi connectivity index (χ1n) is 11.5. The Balaban J connectivity index is 1.92. The molecule has 3 rings (SSSR count). The lowest BCUT2D eigenvalue weighted by Gasteiger charge is -2.34. The predicted molar refractivity (Wildman–Crippen MR) is 140 cm³/mol. The van der Waals surface area contributed by atoms with Gasteiger partial charge in [0.1, 0.15) is 29.8 Å². The van der Waals surface area contributed by atoms with Crippen LogP contribution in [0.3, 0.4) is 0 Å². The summed E-state index contributed by atoms with van der Waals surface area (Å²) in [7, 11) is 0. The second kappa shape index (κ2) is 12.5. The van der Waals surface area contributed by atoms with E-state index in [1.54, 1.807) is 32.0 Å². The van der Waals surface area contributed by atoms with Crippen LogP contribution < -0.4 is 21.0 Å². The van der Waals surface area contributed by atoms with Gasteiger partial charge in [-0.1, -0.05) is 29.8 Å². The lowest BCUT2D eigenvalue weighted by Crippen LogP contribution is -2.53. The number of hydrogen-bond acceptors (Lipinski definition) is 11. The maximum atomic E-state index is 14.5.